The van der Waals surface area contributed by atoms with Gasteiger partial charge in [0.2, 0.25) is 0 Å². The summed E-state index contributed by atoms with van der Waals surface area (Å²) in [6, 6.07) is 37.8. The zero-order valence-corrected chi connectivity index (χ0v) is 21.7. The van der Waals surface area contributed by atoms with E-state index in [2.05, 4.69) is 48.5 Å². The highest BCUT2D eigenvalue weighted by atomic mass is 17.2. The third-order valence-electron chi connectivity index (χ3n) is 6.50. The lowest BCUT2D eigenvalue weighted by atomic mass is 9.88. The van der Waals surface area contributed by atoms with Crippen molar-refractivity contribution in [3.8, 4) is 5.75 Å². The number of benzene rings is 4. The number of rotatable bonds is 12. The topological polar surface area (TPSA) is 55.8 Å². The normalized spacial score (nSPS) is 10.7. The standard InChI is InChI=1S/C33H33NO4/c1-26(35)37-38-32-22-12-11-18-29(32)21-13-24-34(33(36)30-19-9-4-10-20-30)25-23-31(27-14-5-2-6-15-27)28-16-7-3-8-17-28/h2-12,14-20,22,31H,13,21,23-25H2,1H3. The summed E-state index contributed by atoms with van der Waals surface area (Å²) in [4.78, 5) is 36.6. The van der Waals surface area contributed by atoms with Crippen molar-refractivity contribution < 1.29 is 19.4 Å². The molecule has 0 atom stereocenters. The molecule has 5 nitrogen and oxygen atoms in total. The van der Waals surface area contributed by atoms with Crippen LogP contribution < -0.4 is 4.89 Å². The molecule has 0 aliphatic carbocycles. The van der Waals surface area contributed by atoms with Crippen LogP contribution in [0, 0.1) is 0 Å². The molecule has 0 radical (unpaired) electrons. The number of amides is 1. The molecule has 0 fully saturated rings. The Morgan fingerprint density at radius 1 is 0.711 bits per heavy atom. The molecule has 194 valence electrons. The van der Waals surface area contributed by atoms with Crippen LogP contribution in [0.3, 0.4) is 0 Å². The first kappa shape index (κ1) is 26.7. The van der Waals surface area contributed by atoms with Crippen molar-refractivity contribution in [1.82, 2.24) is 4.90 Å². The van der Waals surface area contributed by atoms with Crippen LogP contribution in [0.2, 0.25) is 0 Å². The molecule has 0 aliphatic heterocycles. The van der Waals surface area contributed by atoms with E-state index in [0.717, 1.165) is 18.4 Å². The molecule has 0 unspecified atom stereocenters. The van der Waals surface area contributed by atoms with Crippen molar-refractivity contribution in [1.29, 1.82) is 0 Å². The largest absolute Gasteiger partial charge is 0.352 e. The third kappa shape index (κ3) is 7.56. The molecule has 38 heavy (non-hydrogen) atoms. The van der Waals surface area contributed by atoms with Crippen LogP contribution in [0.5, 0.6) is 5.75 Å². The van der Waals surface area contributed by atoms with Gasteiger partial charge in [0, 0.05) is 31.5 Å². The summed E-state index contributed by atoms with van der Waals surface area (Å²) in [5.41, 5.74) is 4.08. The molecule has 0 spiro atoms. The van der Waals surface area contributed by atoms with E-state index in [0.29, 0.717) is 30.8 Å². The second-order valence-electron chi connectivity index (χ2n) is 9.19. The van der Waals surface area contributed by atoms with Gasteiger partial charge in [-0.15, -0.1) is 0 Å². The van der Waals surface area contributed by atoms with Crippen LogP contribution in [-0.4, -0.2) is 29.9 Å². The van der Waals surface area contributed by atoms with Crippen LogP contribution in [0.1, 0.15) is 52.7 Å². The first-order valence-electron chi connectivity index (χ1n) is 13.0. The summed E-state index contributed by atoms with van der Waals surface area (Å²) in [6.45, 7) is 2.51. The summed E-state index contributed by atoms with van der Waals surface area (Å²) >= 11 is 0. The Kier molecular flexibility index (Phi) is 9.69. The van der Waals surface area contributed by atoms with Gasteiger partial charge in [-0.1, -0.05) is 97.1 Å². The number of hydrogen-bond donors (Lipinski definition) is 0. The van der Waals surface area contributed by atoms with Gasteiger partial charge in [0.05, 0.1) is 0 Å². The molecule has 1 amide bonds. The molecule has 4 aromatic rings. The molecule has 0 saturated carbocycles. The lowest BCUT2D eigenvalue weighted by Crippen LogP contribution is -2.34. The Morgan fingerprint density at radius 3 is 1.87 bits per heavy atom. The van der Waals surface area contributed by atoms with Crippen LogP contribution in [0.25, 0.3) is 0 Å². The molecule has 0 heterocycles. The Labute approximate surface area is 224 Å². The molecule has 0 bridgehead atoms. The van der Waals surface area contributed by atoms with E-state index in [9.17, 15) is 9.59 Å². The van der Waals surface area contributed by atoms with Gasteiger partial charge in [0.25, 0.3) is 5.91 Å². The van der Waals surface area contributed by atoms with Gasteiger partial charge < -0.3 is 4.90 Å². The van der Waals surface area contributed by atoms with Crippen molar-refractivity contribution in [3.63, 3.8) is 0 Å². The number of aryl methyl sites for hydroxylation is 1. The average Bonchev–Trinajstić information content (AvgIpc) is 2.97. The molecule has 0 N–H and O–H groups in total. The SMILES string of the molecule is CC(=O)OOc1ccccc1CCCN(CCC(c1ccccc1)c1ccccc1)C(=O)c1ccccc1. The first-order valence-corrected chi connectivity index (χ1v) is 13.0. The maximum atomic E-state index is 13.6. The summed E-state index contributed by atoms with van der Waals surface area (Å²) in [5.74, 6) is 0.207. The molecular formula is C33H33NO4. The highest BCUT2D eigenvalue weighted by Crippen LogP contribution is 2.28. The molecule has 4 rings (SSSR count). The second kappa shape index (κ2) is 13.8. The number of carbonyl (C=O) groups excluding carboxylic acids is 2. The fourth-order valence-electron chi connectivity index (χ4n) is 4.62. The van der Waals surface area contributed by atoms with Crippen molar-refractivity contribution >= 4 is 11.9 Å². The molecule has 0 aromatic heterocycles. The van der Waals surface area contributed by atoms with E-state index in [1.165, 1.54) is 18.1 Å². The summed E-state index contributed by atoms with van der Waals surface area (Å²) in [6.07, 6.45) is 2.22. The zero-order valence-electron chi connectivity index (χ0n) is 21.7. The Balaban J connectivity index is 1.49. The predicted molar refractivity (Wildman–Crippen MR) is 149 cm³/mol. The lowest BCUT2D eigenvalue weighted by molar-refractivity contribution is -0.211. The minimum Gasteiger partial charge on any atom is -0.339 e. The van der Waals surface area contributed by atoms with Crippen LogP contribution in [0.4, 0.5) is 0 Å². The van der Waals surface area contributed by atoms with Crippen molar-refractivity contribution in [3.05, 3.63) is 138 Å². The minimum absolute atomic E-state index is 0.0231. The smallest absolute Gasteiger partial charge is 0.339 e. The summed E-state index contributed by atoms with van der Waals surface area (Å²) < 4.78 is 0. The highest BCUT2D eigenvalue weighted by molar-refractivity contribution is 5.94. The fourth-order valence-corrected chi connectivity index (χ4v) is 4.62. The Bertz CT molecular complexity index is 1250. The summed E-state index contributed by atoms with van der Waals surface area (Å²) in [7, 11) is 0. The van der Waals surface area contributed by atoms with Crippen LogP contribution >= 0.6 is 0 Å². The van der Waals surface area contributed by atoms with Crippen LogP contribution in [0.15, 0.2) is 115 Å². The highest BCUT2D eigenvalue weighted by Gasteiger charge is 2.20. The monoisotopic (exact) mass is 507 g/mol. The van der Waals surface area contributed by atoms with Gasteiger partial charge in [0.15, 0.2) is 5.75 Å². The zero-order chi connectivity index (χ0) is 26.6. The van der Waals surface area contributed by atoms with Crippen molar-refractivity contribution in [2.24, 2.45) is 0 Å². The Morgan fingerprint density at radius 2 is 1.26 bits per heavy atom. The number of para-hydroxylation sites is 1. The van der Waals surface area contributed by atoms with Crippen LogP contribution in [-0.2, 0) is 16.1 Å². The maximum Gasteiger partial charge on any atom is 0.352 e. The molecule has 5 heteroatoms. The Hall–Kier alpha value is -4.38. The fraction of sp³-hybridized carbons (Fsp3) is 0.212. The summed E-state index contributed by atoms with van der Waals surface area (Å²) in [5, 5.41) is 0. The van der Waals surface area contributed by atoms with E-state index in [1.807, 2.05) is 65.6 Å². The van der Waals surface area contributed by atoms with E-state index < -0.39 is 5.97 Å². The van der Waals surface area contributed by atoms with E-state index in [-0.39, 0.29) is 11.8 Å². The van der Waals surface area contributed by atoms with E-state index in [1.54, 1.807) is 6.07 Å². The predicted octanol–water partition coefficient (Wildman–Crippen LogP) is 6.84. The molecule has 0 saturated heterocycles. The van der Waals surface area contributed by atoms with Gasteiger partial charge in [0.1, 0.15) is 0 Å². The quantitative estimate of drug-likeness (QED) is 0.156. The first-order chi connectivity index (χ1) is 18.6. The van der Waals surface area contributed by atoms with Gasteiger partial charge in [-0.2, -0.15) is 0 Å². The van der Waals surface area contributed by atoms with Gasteiger partial charge in [-0.3, -0.25) is 14.6 Å². The van der Waals surface area contributed by atoms with E-state index >= 15 is 0 Å². The van der Waals surface area contributed by atoms with Crippen molar-refractivity contribution in [2.75, 3.05) is 13.1 Å². The minimum atomic E-state index is -0.508. The van der Waals surface area contributed by atoms with Gasteiger partial charge in [-0.05, 0) is 54.2 Å². The van der Waals surface area contributed by atoms with Gasteiger partial charge in [-0.25, -0.2) is 4.79 Å². The second-order valence-corrected chi connectivity index (χ2v) is 9.19. The number of nitrogens with zero attached hydrogens (tertiary/aromatic N) is 1. The van der Waals surface area contributed by atoms with E-state index in [4.69, 9.17) is 9.78 Å². The van der Waals surface area contributed by atoms with Gasteiger partial charge >= 0.3 is 5.97 Å². The number of carbonyl (C=O) groups is 2. The van der Waals surface area contributed by atoms with Crippen molar-refractivity contribution in [2.45, 2.75) is 32.1 Å². The average molecular weight is 508 g/mol. The third-order valence-corrected chi connectivity index (χ3v) is 6.50. The molecule has 0 aliphatic rings. The molecular weight excluding hydrogens is 474 g/mol. The number of hydrogen-bond acceptors (Lipinski definition) is 4. The molecule has 4 aromatic carbocycles. The maximum absolute atomic E-state index is 13.6. The lowest BCUT2D eigenvalue weighted by Gasteiger charge is -2.26.